The number of fused-ring (bicyclic) bond motifs is 1. The second kappa shape index (κ2) is 10.5. The number of halogens is 3. The van der Waals surface area contributed by atoms with Crippen molar-refractivity contribution in [1.82, 2.24) is 30.2 Å². The Balaban J connectivity index is 1.34. The van der Waals surface area contributed by atoms with Gasteiger partial charge in [-0.05, 0) is 52.9 Å². The summed E-state index contributed by atoms with van der Waals surface area (Å²) in [6, 6.07) is 15.5. The maximum atomic E-state index is 14.3. The predicted octanol–water partition coefficient (Wildman–Crippen LogP) is 6.97. The van der Waals surface area contributed by atoms with Gasteiger partial charge in [0.05, 0.1) is 16.6 Å². The van der Waals surface area contributed by atoms with Gasteiger partial charge in [-0.1, -0.05) is 55.1 Å². The van der Waals surface area contributed by atoms with Gasteiger partial charge >= 0.3 is 0 Å². The van der Waals surface area contributed by atoms with Crippen molar-refractivity contribution in [2.45, 2.75) is 45.3 Å². The lowest BCUT2D eigenvalue weighted by Crippen LogP contribution is -2.15. The predicted molar refractivity (Wildman–Crippen MR) is 141 cm³/mol. The highest BCUT2D eigenvalue weighted by atomic mass is 35.5. The minimum absolute atomic E-state index is 0.286. The van der Waals surface area contributed by atoms with Crippen LogP contribution in [0.4, 0.5) is 8.78 Å². The monoisotopic (exact) mass is 534 g/mol. The number of tetrazole rings is 1. The molecule has 0 bridgehead atoms. The highest BCUT2D eigenvalue weighted by molar-refractivity contribution is 6.30. The quantitative estimate of drug-likeness (QED) is 0.244. The van der Waals surface area contributed by atoms with Gasteiger partial charge in [-0.25, -0.2) is 18.9 Å². The lowest BCUT2D eigenvalue weighted by Gasteiger charge is -2.23. The molecule has 7 nitrogen and oxygen atoms in total. The molecule has 0 aliphatic heterocycles. The number of hydrogen-bond acceptors (Lipinski definition) is 5. The first kappa shape index (κ1) is 24.5. The van der Waals surface area contributed by atoms with E-state index in [0.29, 0.717) is 51.5 Å². The van der Waals surface area contributed by atoms with Crippen molar-refractivity contribution in [2.75, 3.05) is 0 Å². The molecule has 1 N–H and O–H groups in total. The zero-order chi connectivity index (χ0) is 26.1. The van der Waals surface area contributed by atoms with E-state index in [2.05, 4.69) is 20.6 Å². The summed E-state index contributed by atoms with van der Waals surface area (Å²) >= 11 is 6.35. The average Bonchev–Trinajstić information content (AvgIpc) is 3.58. The highest BCUT2D eigenvalue weighted by Gasteiger charge is 2.22. The molecule has 1 aliphatic rings. The summed E-state index contributed by atoms with van der Waals surface area (Å²) in [7, 11) is 0. The summed E-state index contributed by atoms with van der Waals surface area (Å²) in [5, 5.41) is 14.4. The Morgan fingerprint density at radius 1 is 0.974 bits per heavy atom. The summed E-state index contributed by atoms with van der Waals surface area (Å²) in [5.41, 5.74) is 3.49. The second-order valence-electron chi connectivity index (χ2n) is 9.68. The topological polar surface area (TPSA) is 81.5 Å². The SMILES string of the molecule is Fc1cc2nc(-c3ccc(Cl)cc3OCc3ccc(-c4nnn[nH]4)cc3)n(CC3CCCCC3)c2cc1F. The first-order valence-electron chi connectivity index (χ1n) is 12.7. The van der Waals surface area contributed by atoms with Crippen molar-refractivity contribution in [3.63, 3.8) is 0 Å². The Hall–Kier alpha value is -3.85. The van der Waals surface area contributed by atoms with Crippen molar-refractivity contribution in [3.8, 4) is 28.5 Å². The number of aromatic amines is 1. The molecule has 3 aromatic carbocycles. The largest absolute Gasteiger partial charge is 0.488 e. The fourth-order valence-corrected chi connectivity index (χ4v) is 5.30. The molecule has 10 heteroatoms. The molecule has 2 aromatic heterocycles. The van der Waals surface area contributed by atoms with E-state index in [4.69, 9.17) is 21.3 Å². The zero-order valence-electron chi connectivity index (χ0n) is 20.5. The normalized spacial score (nSPS) is 14.3. The van der Waals surface area contributed by atoms with E-state index in [1.165, 1.54) is 25.3 Å². The van der Waals surface area contributed by atoms with Crippen LogP contribution in [0.2, 0.25) is 5.02 Å². The standard InChI is InChI=1S/C28H25ClF2N6O/c29-20-10-11-21(26(12-20)38-16-18-6-8-19(9-7-18)27-33-35-36-34-27)28-32-24-13-22(30)23(31)14-25(24)37(28)15-17-4-2-1-3-5-17/h6-14,17H,1-5,15-16H2,(H,33,34,35,36). The number of rotatable bonds is 7. The van der Waals surface area contributed by atoms with Crippen LogP contribution in [0.5, 0.6) is 5.75 Å². The van der Waals surface area contributed by atoms with Gasteiger partial charge in [0.2, 0.25) is 0 Å². The Kier molecular flexibility index (Phi) is 6.76. The van der Waals surface area contributed by atoms with Crippen LogP contribution in [0.25, 0.3) is 33.8 Å². The summed E-state index contributed by atoms with van der Waals surface area (Å²) < 4.78 is 36.7. The number of ether oxygens (including phenoxy) is 1. The fraction of sp³-hybridized carbons (Fsp3) is 0.286. The Bertz CT molecular complexity index is 1560. The molecule has 5 aromatic rings. The first-order valence-corrected chi connectivity index (χ1v) is 13.0. The van der Waals surface area contributed by atoms with Gasteiger partial charge in [-0.3, -0.25) is 0 Å². The van der Waals surface area contributed by atoms with Gasteiger partial charge in [0.1, 0.15) is 18.2 Å². The Morgan fingerprint density at radius 2 is 1.76 bits per heavy atom. The van der Waals surface area contributed by atoms with E-state index in [0.717, 1.165) is 30.0 Å². The minimum atomic E-state index is -0.913. The van der Waals surface area contributed by atoms with Gasteiger partial charge in [-0.15, -0.1) is 5.10 Å². The fourth-order valence-electron chi connectivity index (χ4n) is 5.14. The first-order chi connectivity index (χ1) is 18.5. The molecule has 0 spiro atoms. The van der Waals surface area contributed by atoms with Crippen LogP contribution in [-0.2, 0) is 13.2 Å². The van der Waals surface area contributed by atoms with E-state index in [1.807, 2.05) is 34.9 Å². The molecule has 38 heavy (non-hydrogen) atoms. The van der Waals surface area contributed by atoms with Crippen LogP contribution in [0.1, 0.15) is 37.7 Å². The summed E-state index contributed by atoms with van der Waals surface area (Å²) in [6.07, 6.45) is 5.80. The Morgan fingerprint density at radius 3 is 2.53 bits per heavy atom. The number of benzene rings is 3. The van der Waals surface area contributed by atoms with E-state index in [-0.39, 0.29) is 6.61 Å². The van der Waals surface area contributed by atoms with Crippen molar-refractivity contribution < 1.29 is 13.5 Å². The molecule has 0 unspecified atom stereocenters. The smallest absolute Gasteiger partial charge is 0.179 e. The van der Waals surface area contributed by atoms with E-state index < -0.39 is 11.6 Å². The van der Waals surface area contributed by atoms with Gasteiger partial charge in [-0.2, -0.15) is 0 Å². The van der Waals surface area contributed by atoms with Crippen LogP contribution in [0, 0.1) is 17.6 Å². The lowest BCUT2D eigenvalue weighted by atomic mass is 9.89. The number of imidazole rings is 1. The minimum Gasteiger partial charge on any atom is -0.488 e. The third-order valence-electron chi connectivity index (χ3n) is 7.11. The molecular formula is C28H25ClF2N6O. The van der Waals surface area contributed by atoms with Crippen molar-refractivity contribution in [1.29, 1.82) is 0 Å². The zero-order valence-corrected chi connectivity index (χ0v) is 21.3. The molecule has 1 aliphatic carbocycles. The van der Waals surface area contributed by atoms with E-state index >= 15 is 0 Å². The molecule has 0 atom stereocenters. The molecule has 6 rings (SSSR count). The number of nitrogens with one attached hydrogen (secondary N) is 1. The number of nitrogens with zero attached hydrogens (tertiary/aromatic N) is 5. The molecule has 2 heterocycles. The maximum Gasteiger partial charge on any atom is 0.179 e. The highest BCUT2D eigenvalue weighted by Crippen LogP contribution is 2.37. The number of aromatic nitrogens is 6. The van der Waals surface area contributed by atoms with Crippen molar-refractivity contribution in [3.05, 3.63) is 76.8 Å². The third kappa shape index (κ3) is 4.98. The van der Waals surface area contributed by atoms with Crippen LogP contribution in [0.3, 0.4) is 0 Å². The van der Waals surface area contributed by atoms with Crippen molar-refractivity contribution in [2.24, 2.45) is 5.92 Å². The maximum absolute atomic E-state index is 14.3. The van der Waals surface area contributed by atoms with Crippen LogP contribution < -0.4 is 4.74 Å². The number of H-pyrrole nitrogens is 1. The van der Waals surface area contributed by atoms with Crippen LogP contribution >= 0.6 is 11.6 Å². The van der Waals surface area contributed by atoms with Crippen molar-refractivity contribution >= 4 is 22.6 Å². The van der Waals surface area contributed by atoms with Gasteiger partial charge in [0.25, 0.3) is 0 Å². The average molecular weight is 535 g/mol. The molecule has 0 amide bonds. The third-order valence-corrected chi connectivity index (χ3v) is 7.34. The molecule has 0 radical (unpaired) electrons. The molecular weight excluding hydrogens is 510 g/mol. The molecule has 1 fully saturated rings. The van der Waals surface area contributed by atoms with Gasteiger partial charge < -0.3 is 9.30 Å². The van der Waals surface area contributed by atoms with Crippen LogP contribution in [0.15, 0.2) is 54.6 Å². The summed E-state index contributed by atoms with van der Waals surface area (Å²) in [4.78, 5) is 4.75. The second-order valence-corrected chi connectivity index (χ2v) is 10.1. The molecule has 1 saturated carbocycles. The van der Waals surface area contributed by atoms with Gasteiger partial charge in [0, 0.05) is 29.3 Å². The van der Waals surface area contributed by atoms with Gasteiger partial charge in [0.15, 0.2) is 17.5 Å². The Labute approximate surface area is 222 Å². The molecule has 0 saturated heterocycles. The molecule has 194 valence electrons. The van der Waals surface area contributed by atoms with E-state index in [1.54, 1.807) is 12.1 Å². The number of hydrogen-bond donors (Lipinski definition) is 1. The lowest BCUT2D eigenvalue weighted by molar-refractivity contribution is 0.306. The summed E-state index contributed by atoms with van der Waals surface area (Å²) in [6.45, 7) is 0.964. The van der Waals surface area contributed by atoms with Crippen LogP contribution in [-0.4, -0.2) is 30.2 Å². The summed E-state index contributed by atoms with van der Waals surface area (Å²) in [5.74, 6) is 0.383. The van der Waals surface area contributed by atoms with E-state index in [9.17, 15) is 8.78 Å².